The van der Waals surface area contributed by atoms with Crippen LogP contribution >= 0.6 is 22.9 Å². The van der Waals surface area contributed by atoms with Crippen molar-refractivity contribution in [3.63, 3.8) is 0 Å². The molecule has 5 heteroatoms. The molecule has 3 rings (SSSR count). The van der Waals surface area contributed by atoms with E-state index in [1.165, 1.54) is 4.88 Å². The molecule has 0 aliphatic heterocycles. The number of halogens is 1. The lowest BCUT2D eigenvalue weighted by molar-refractivity contribution is -0.114. The second-order valence-electron chi connectivity index (χ2n) is 4.81. The van der Waals surface area contributed by atoms with E-state index >= 15 is 0 Å². The largest absolute Gasteiger partial charge is 0.497 e. The molecular formula is C16H14ClNO2S. The lowest BCUT2D eigenvalue weighted by Gasteiger charge is -2.04. The van der Waals surface area contributed by atoms with Gasteiger partial charge in [-0.2, -0.15) is 0 Å². The summed E-state index contributed by atoms with van der Waals surface area (Å²) in [6.45, 7) is 0.585. The number of benzene rings is 1. The van der Waals surface area contributed by atoms with E-state index in [-0.39, 0.29) is 5.78 Å². The monoisotopic (exact) mass is 319 g/mol. The van der Waals surface area contributed by atoms with E-state index in [0.29, 0.717) is 13.0 Å². The summed E-state index contributed by atoms with van der Waals surface area (Å²) in [6, 6.07) is 7.67. The summed E-state index contributed by atoms with van der Waals surface area (Å²) in [5, 5.41) is 1.71. The van der Waals surface area contributed by atoms with E-state index < -0.39 is 0 Å². The molecule has 0 N–H and O–H groups in total. The van der Waals surface area contributed by atoms with Crippen LogP contribution in [-0.2, 0) is 16.0 Å². The molecule has 1 aromatic heterocycles. The Morgan fingerprint density at radius 1 is 1.24 bits per heavy atom. The molecule has 2 aromatic rings. The zero-order valence-electron chi connectivity index (χ0n) is 11.3. The van der Waals surface area contributed by atoms with Crippen molar-refractivity contribution in [2.45, 2.75) is 19.3 Å². The highest BCUT2D eigenvalue weighted by molar-refractivity contribution is 7.15. The van der Waals surface area contributed by atoms with Gasteiger partial charge >= 0.3 is 0 Å². The van der Waals surface area contributed by atoms with Gasteiger partial charge in [0, 0.05) is 47.0 Å². The van der Waals surface area contributed by atoms with E-state index in [1.54, 1.807) is 17.4 Å². The third kappa shape index (κ3) is 3.71. The van der Waals surface area contributed by atoms with Crippen molar-refractivity contribution in [3.05, 3.63) is 52.2 Å². The molecule has 108 valence electrons. The maximum atomic E-state index is 11.1. The summed E-state index contributed by atoms with van der Waals surface area (Å²) in [5.41, 5.74) is 1.07. The third-order valence-corrected chi connectivity index (χ3v) is 4.58. The minimum atomic E-state index is 0.160. The van der Waals surface area contributed by atoms with Crippen molar-refractivity contribution in [2.75, 3.05) is 6.61 Å². The normalized spacial score (nSPS) is 14.3. The quantitative estimate of drug-likeness (QED) is 0.826. The van der Waals surface area contributed by atoms with Gasteiger partial charge in [-0.15, -0.1) is 11.3 Å². The van der Waals surface area contributed by atoms with Crippen molar-refractivity contribution in [1.29, 1.82) is 0 Å². The van der Waals surface area contributed by atoms with Crippen molar-refractivity contribution in [1.82, 2.24) is 4.98 Å². The van der Waals surface area contributed by atoms with Crippen LogP contribution in [0.1, 0.15) is 17.7 Å². The lowest BCUT2D eigenvalue weighted by atomic mass is 10.2. The standard InChI is InChI=1S/C16H14ClNO2S/c17-12-3-1-11(2-4-12)16-18-10-15(21-16)7-8-20-14-6-5-13(19)9-14/h1-4,9-10H,5-8H2. The first-order valence-corrected chi connectivity index (χ1v) is 7.97. The molecule has 0 amide bonds. The Bertz CT molecular complexity index is 676. The van der Waals surface area contributed by atoms with Gasteiger partial charge < -0.3 is 4.74 Å². The van der Waals surface area contributed by atoms with E-state index in [2.05, 4.69) is 4.98 Å². The molecule has 0 fully saturated rings. The van der Waals surface area contributed by atoms with E-state index in [0.717, 1.165) is 34.2 Å². The van der Waals surface area contributed by atoms with Gasteiger partial charge in [-0.05, 0) is 12.1 Å². The number of ketones is 1. The fraction of sp³-hybridized carbons (Fsp3) is 0.250. The zero-order chi connectivity index (χ0) is 14.7. The Morgan fingerprint density at radius 2 is 2.05 bits per heavy atom. The number of nitrogens with zero attached hydrogens (tertiary/aromatic N) is 1. The maximum Gasteiger partial charge on any atom is 0.159 e. The van der Waals surface area contributed by atoms with E-state index in [1.807, 2.05) is 30.5 Å². The smallest absolute Gasteiger partial charge is 0.159 e. The Hall–Kier alpha value is -1.65. The predicted molar refractivity (Wildman–Crippen MR) is 84.5 cm³/mol. The van der Waals surface area contributed by atoms with Crippen LogP contribution in [-0.4, -0.2) is 17.4 Å². The molecule has 0 bridgehead atoms. The predicted octanol–water partition coefficient (Wildman–Crippen LogP) is 4.27. The van der Waals surface area contributed by atoms with E-state index in [4.69, 9.17) is 16.3 Å². The molecule has 1 aliphatic rings. The number of ether oxygens (including phenoxy) is 1. The number of hydrogen-bond donors (Lipinski definition) is 0. The van der Waals surface area contributed by atoms with Gasteiger partial charge in [0.25, 0.3) is 0 Å². The molecule has 0 radical (unpaired) electrons. The Morgan fingerprint density at radius 3 is 2.76 bits per heavy atom. The molecule has 21 heavy (non-hydrogen) atoms. The molecule has 1 aromatic carbocycles. The molecule has 0 atom stereocenters. The SMILES string of the molecule is O=C1C=C(OCCc2cnc(-c3ccc(Cl)cc3)s2)CC1. The van der Waals surface area contributed by atoms with Crippen LogP contribution in [0, 0.1) is 0 Å². The number of aromatic nitrogens is 1. The fourth-order valence-electron chi connectivity index (χ4n) is 2.12. The van der Waals surface area contributed by atoms with Gasteiger partial charge in [0.1, 0.15) is 5.01 Å². The third-order valence-electron chi connectivity index (χ3n) is 3.22. The van der Waals surface area contributed by atoms with Crippen LogP contribution < -0.4 is 0 Å². The molecule has 0 saturated carbocycles. The van der Waals surface area contributed by atoms with Crippen molar-refractivity contribution < 1.29 is 9.53 Å². The lowest BCUT2D eigenvalue weighted by Crippen LogP contribution is -1.95. The number of carbonyl (C=O) groups is 1. The van der Waals surface area contributed by atoms with Crippen LogP contribution in [0.2, 0.25) is 5.02 Å². The number of thiazole rings is 1. The second-order valence-corrected chi connectivity index (χ2v) is 6.37. The number of carbonyl (C=O) groups excluding carboxylic acids is 1. The molecular weight excluding hydrogens is 306 g/mol. The summed E-state index contributed by atoms with van der Waals surface area (Å²) in [6.07, 6.45) is 5.60. The number of allylic oxidation sites excluding steroid dienone is 2. The van der Waals surface area contributed by atoms with E-state index in [9.17, 15) is 4.79 Å². The Labute approximate surface area is 132 Å². The van der Waals surface area contributed by atoms with Gasteiger partial charge in [0.2, 0.25) is 0 Å². The first-order valence-electron chi connectivity index (χ1n) is 6.77. The molecule has 1 aliphatic carbocycles. The summed E-state index contributed by atoms with van der Waals surface area (Å²) >= 11 is 7.54. The maximum absolute atomic E-state index is 11.1. The second kappa shape index (κ2) is 6.41. The van der Waals surface area contributed by atoms with Crippen LogP contribution in [0.25, 0.3) is 10.6 Å². The summed E-state index contributed by atoms with van der Waals surface area (Å²) in [5.74, 6) is 0.968. The van der Waals surface area contributed by atoms with Crippen molar-refractivity contribution >= 4 is 28.7 Å². The van der Waals surface area contributed by atoms with Crippen molar-refractivity contribution in [2.24, 2.45) is 0 Å². The first-order chi connectivity index (χ1) is 10.2. The molecule has 0 spiro atoms. The summed E-state index contributed by atoms with van der Waals surface area (Å²) in [7, 11) is 0. The number of hydrogen-bond acceptors (Lipinski definition) is 4. The fourth-order valence-corrected chi connectivity index (χ4v) is 3.14. The highest BCUT2D eigenvalue weighted by Gasteiger charge is 2.13. The molecule has 0 saturated heterocycles. The minimum Gasteiger partial charge on any atom is -0.497 e. The van der Waals surface area contributed by atoms with Crippen LogP contribution in [0.5, 0.6) is 0 Å². The number of rotatable bonds is 5. The minimum absolute atomic E-state index is 0.160. The Kier molecular flexibility index (Phi) is 4.36. The van der Waals surface area contributed by atoms with Crippen molar-refractivity contribution in [3.8, 4) is 10.6 Å². The zero-order valence-corrected chi connectivity index (χ0v) is 12.9. The van der Waals surface area contributed by atoms with Gasteiger partial charge in [0.05, 0.1) is 12.4 Å². The Balaban J connectivity index is 1.56. The first kappa shape index (κ1) is 14.3. The average Bonchev–Trinajstić information content (AvgIpc) is 3.09. The molecule has 1 heterocycles. The van der Waals surface area contributed by atoms with Gasteiger partial charge in [0.15, 0.2) is 5.78 Å². The van der Waals surface area contributed by atoms with Gasteiger partial charge in [-0.25, -0.2) is 4.98 Å². The highest BCUT2D eigenvalue weighted by atomic mass is 35.5. The van der Waals surface area contributed by atoms with Crippen LogP contribution in [0.3, 0.4) is 0 Å². The molecule has 0 unspecified atom stereocenters. The van der Waals surface area contributed by atoms with Gasteiger partial charge in [-0.1, -0.05) is 23.7 Å². The summed E-state index contributed by atoms with van der Waals surface area (Å²) < 4.78 is 5.61. The van der Waals surface area contributed by atoms with Gasteiger partial charge in [-0.3, -0.25) is 4.79 Å². The summed E-state index contributed by atoms with van der Waals surface area (Å²) in [4.78, 5) is 16.7. The molecule has 3 nitrogen and oxygen atoms in total. The van der Waals surface area contributed by atoms with Crippen LogP contribution in [0.4, 0.5) is 0 Å². The van der Waals surface area contributed by atoms with Crippen LogP contribution in [0.15, 0.2) is 42.3 Å². The average molecular weight is 320 g/mol. The topological polar surface area (TPSA) is 39.2 Å². The highest BCUT2D eigenvalue weighted by Crippen LogP contribution is 2.26.